The second kappa shape index (κ2) is 3.51. The maximum Gasteiger partial charge on any atom is 0.122 e. The predicted octanol–water partition coefficient (Wildman–Crippen LogP) is 4.16. The third-order valence-corrected chi connectivity index (χ3v) is 5.72. The average molecular weight is 230 g/mol. The zero-order valence-corrected chi connectivity index (χ0v) is 11.1. The van der Waals surface area contributed by atoms with Crippen LogP contribution < -0.4 is 4.74 Å². The summed E-state index contributed by atoms with van der Waals surface area (Å²) in [5, 5.41) is 0. The van der Waals surface area contributed by atoms with Crippen molar-refractivity contribution in [1.82, 2.24) is 0 Å². The highest BCUT2D eigenvalue weighted by molar-refractivity contribution is 5.43. The van der Waals surface area contributed by atoms with Gasteiger partial charge in [0.15, 0.2) is 0 Å². The van der Waals surface area contributed by atoms with Gasteiger partial charge in [-0.15, -0.1) is 0 Å². The summed E-state index contributed by atoms with van der Waals surface area (Å²) in [5.41, 5.74) is 2.25. The maximum absolute atomic E-state index is 5.60. The molecule has 0 spiro atoms. The van der Waals surface area contributed by atoms with Crippen molar-refractivity contribution in [2.45, 2.75) is 44.9 Å². The second-order valence-electron chi connectivity index (χ2n) is 6.28. The van der Waals surface area contributed by atoms with Crippen LogP contribution in [0.15, 0.2) is 24.3 Å². The monoisotopic (exact) mass is 230 g/mol. The Morgan fingerprint density at radius 1 is 1.12 bits per heavy atom. The number of methoxy groups -OCH3 is 1. The summed E-state index contributed by atoms with van der Waals surface area (Å²) < 4.78 is 5.60. The van der Waals surface area contributed by atoms with E-state index in [-0.39, 0.29) is 0 Å². The van der Waals surface area contributed by atoms with E-state index < -0.39 is 0 Å². The highest BCUT2D eigenvalue weighted by atomic mass is 16.5. The molecule has 2 aliphatic rings. The van der Waals surface area contributed by atoms with Crippen molar-refractivity contribution >= 4 is 0 Å². The summed E-state index contributed by atoms with van der Waals surface area (Å²) in [6.45, 7) is 4.92. The number of ether oxygens (including phenoxy) is 1. The van der Waals surface area contributed by atoms with E-state index in [2.05, 4.69) is 38.1 Å². The normalized spacial score (nSPS) is 33.9. The van der Waals surface area contributed by atoms with Gasteiger partial charge in [-0.3, -0.25) is 0 Å². The van der Waals surface area contributed by atoms with Crippen LogP contribution in [0.3, 0.4) is 0 Å². The average Bonchev–Trinajstić information content (AvgIpc) is 2.76. The van der Waals surface area contributed by atoms with Crippen LogP contribution in [0.1, 0.15) is 45.1 Å². The van der Waals surface area contributed by atoms with E-state index in [0.717, 1.165) is 11.7 Å². The molecule has 17 heavy (non-hydrogen) atoms. The van der Waals surface area contributed by atoms with Crippen LogP contribution >= 0.6 is 0 Å². The summed E-state index contributed by atoms with van der Waals surface area (Å²) in [4.78, 5) is 0. The number of hydrogen-bond acceptors (Lipinski definition) is 1. The summed E-state index contributed by atoms with van der Waals surface area (Å²) in [5.74, 6) is 2.00. The molecule has 0 radical (unpaired) electrons. The molecule has 0 aromatic heterocycles. The van der Waals surface area contributed by atoms with Gasteiger partial charge in [-0.25, -0.2) is 0 Å². The Labute approximate surface area is 104 Å². The Morgan fingerprint density at radius 3 is 2.29 bits per heavy atom. The van der Waals surface area contributed by atoms with Crippen LogP contribution in [-0.2, 0) is 5.41 Å². The molecule has 0 heterocycles. The minimum Gasteiger partial charge on any atom is -0.496 e. The van der Waals surface area contributed by atoms with Crippen LogP contribution in [-0.4, -0.2) is 7.11 Å². The van der Waals surface area contributed by atoms with Gasteiger partial charge in [0.25, 0.3) is 0 Å². The van der Waals surface area contributed by atoms with E-state index in [9.17, 15) is 0 Å². The first kappa shape index (κ1) is 11.1. The van der Waals surface area contributed by atoms with Crippen molar-refractivity contribution in [3.05, 3.63) is 29.8 Å². The molecule has 1 aromatic rings. The summed E-state index contributed by atoms with van der Waals surface area (Å²) >= 11 is 0. The van der Waals surface area contributed by atoms with E-state index in [1.165, 1.54) is 31.2 Å². The number of rotatable bonds is 2. The van der Waals surface area contributed by atoms with Gasteiger partial charge >= 0.3 is 0 Å². The Bertz CT molecular complexity index is 425. The van der Waals surface area contributed by atoms with Gasteiger partial charge in [-0.1, -0.05) is 32.0 Å². The lowest BCUT2D eigenvalue weighted by Gasteiger charge is -2.39. The molecule has 0 N–H and O–H groups in total. The van der Waals surface area contributed by atoms with Gasteiger partial charge in [0.1, 0.15) is 5.75 Å². The first-order valence-corrected chi connectivity index (χ1v) is 6.75. The number of fused-ring (bicyclic) bond motifs is 2. The molecule has 1 heteroatoms. The highest BCUT2D eigenvalue weighted by Gasteiger charge is 2.60. The molecule has 3 rings (SSSR count). The first-order chi connectivity index (χ1) is 8.12. The molecule has 0 amide bonds. The summed E-state index contributed by atoms with van der Waals surface area (Å²) in [7, 11) is 1.80. The molecule has 2 bridgehead atoms. The fourth-order valence-corrected chi connectivity index (χ4v) is 4.52. The molecule has 2 aliphatic carbocycles. The van der Waals surface area contributed by atoms with Crippen molar-refractivity contribution in [3.8, 4) is 5.75 Å². The fraction of sp³-hybridized carbons (Fsp3) is 0.625. The Hall–Kier alpha value is -0.980. The van der Waals surface area contributed by atoms with Gasteiger partial charge in [0.05, 0.1) is 7.11 Å². The number of benzene rings is 1. The molecular formula is C16H22O. The Kier molecular flexibility index (Phi) is 2.30. The van der Waals surface area contributed by atoms with Crippen LogP contribution in [0.25, 0.3) is 0 Å². The molecule has 92 valence electrons. The molecule has 0 saturated heterocycles. The lowest BCUT2D eigenvalue weighted by Crippen LogP contribution is -2.34. The van der Waals surface area contributed by atoms with Crippen molar-refractivity contribution in [1.29, 1.82) is 0 Å². The maximum atomic E-state index is 5.60. The third-order valence-electron chi connectivity index (χ3n) is 5.72. The molecule has 1 aromatic carbocycles. The zero-order valence-electron chi connectivity index (χ0n) is 11.1. The van der Waals surface area contributed by atoms with E-state index in [1.54, 1.807) is 7.11 Å². The van der Waals surface area contributed by atoms with Gasteiger partial charge in [0.2, 0.25) is 0 Å². The zero-order chi connectivity index (χ0) is 12.1. The lowest BCUT2D eigenvalue weighted by molar-refractivity contribution is 0.210. The molecule has 2 fully saturated rings. The topological polar surface area (TPSA) is 9.23 Å². The quantitative estimate of drug-likeness (QED) is 0.741. The molecule has 0 atom stereocenters. The predicted molar refractivity (Wildman–Crippen MR) is 70.4 cm³/mol. The Morgan fingerprint density at radius 2 is 1.76 bits per heavy atom. The van der Waals surface area contributed by atoms with E-state index >= 15 is 0 Å². The molecular weight excluding hydrogens is 208 g/mol. The van der Waals surface area contributed by atoms with Crippen LogP contribution in [0, 0.1) is 11.3 Å². The standard InChI is InChI=1S/C16H22O/c1-15(2)12-8-10-16(15,11-9-12)13-6-4-5-7-14(13)17-3/h4-7,12H,8-11H2,1-3H3. The SMILES string of the molecule is COc1ccccc1C12CCC(CC1)C2(C)C. The van der Waals surface area contributed by atoms with Gasteiger partial charge in [-0.2, -0.15) is 0 Å². The summed E-state index contributed by atoms with van der Waals surface area (Å²) in [6.07, 6.45) is 5.46. The van der Waals surface area contributed by atoms with Gasteiger partial charge in [-0.05, 0) is 43.1 Å². The van der Waals surface area contributed by atoms with Crippen LogP contribution in [0.4, 0.5) is 0 Å². The molecule has 0 unspecified atom stereocenters. The van der Waals surface area contributed by atoms with Crippen LogP contribution in [0.2, 0.25) is 0 Å². The first-order valence-electron chi connectivity index (χ1n) is 6.75. The minimum absolute atomic E-state index is 0.365. The smallest absolute Gasteiger partial charge is 0.122 e. The number of para-hydroxylation sites is 1. The van der Waals surface area contributed by atoms with E-state index in [1.807, 2.05) is 0 Å². The molecule has 2 saturated carbocycles. The van der Waals surface area contributed by atoms with E-state index in [4.69, 9.17) is 4.74 Å². The number of hydrogen-bond donors (Lipinski definition) is 0. The molecule has 0 aliphatic heterocycles. The third kappa shape index (κ3) is 1.26. The van der Waals surface area contributed by atoms with Crippen molar-refractivity contribution in [2.24, 2.45) is 11.3 Å². The second-order valence-corrected chi connectivity index (χ2v) is 6.28. The van der Waals surface area contributed by atoms with Crippen molar-refractivity contribution in [2.75, 3.05) is 7.11 Å². The highest BCUT2D eigenvalue weighted by Crippen LogP contribution is 2.67. The van der Waals surface area contributed by atoms with Crippen molar-refractivity contribution in [3.63, 3.8) is 0 Å². The largest absolute Gasteiger partial charge is 0.496 e. The lowest BCUT2D eigenvalue weighted by atomic mass is 9.65. The van der Waals surface area contributed by atoms with E-state index in [0.29, 0.717) is 10.8 Å². The Balaban J connectivity index is 2.15. The minimum atomic E-state index is 0.365. The fourth-order valence-electron chi connectivity index (χ4n) is 4.52. The van der Waals surface area contributed by atoms with Crippen LogP contribution in [0.5, 0.6) is 5.75 Å². The van der Waals surface area contributed by atoms with Gasteiger partial charge in [0, 0.05) is 11.0 Å². The summed E-state index contributed by atoms with van der Waals surface area (Å²) in [6, 6.07) is 8.64. The molecule has 1 nitrogen and oxygen atoms in total. The van der Waals surface area contributed by atoms with Gasteiger partial charge < -0.3 is 4.74 Å². The van der Waals surface area contributed by atoms with Crippen molar-refractivity contribution < 1.29 is 4.74 Å².